The van der Waals surface area contributed by atoms with E-state index in [9.17, 15) is 19.8 Å². The van der Waals surface area contributed by atoms with Gasteiger partial charge in [-0.05, 0) is 36.2 Å². The standard InChI is InChI=1S/C24H26ClN5O5/c1-3-4-20-27-18-10-9-17(11-19(18)35-20)26-22-28-23(33)30(12-14(2)21(31)32)24(34)29(22)13-15-5-7-16(25)8-6-15/h5-11,14,21,31-32H,3-4,12-13H2,1-2H3,(H,26,28,33)/t14-/m0/s1. The minimum atomic E-state index is -1.69. The molecule has 0 saturated carbocycles. The highest BCUT2D eigenvalue weighted by molar-refractivity contribution is 6.30. The Balaban J connectivity index is 1.75. The van der Waals surface area contributed by atoms with Crippen molar-refractivity contribution in [2.24, 2.45) is 5.92 Å². The molecule has 0 fully saturated rings. The molecule has 0 amide bonds. The lowest BCUT2D eigenvalue weighted by molar-refractivity contribution is -0.0830. The Kier molecular flexibility index (Phi) is 7.34. The molecule has 0 unspecified atom stereocenters. The first kappa shape index (κ1) is 24.6. The molecule has 0 bridgehead atoms. The second kappa shape index (κ2) is 10.4. The maximum atomic E-state index is 13.3. The predicted octanol–water partition coefficient (Wildman–Crippen LogP) is 2.89. The Morgan fingerprint density at radius 3 is 2.51 bits per heavy atom. The first-order valence-electron chi connectivity index (χ1n) is 11.2. The summed E-state index contributed by atoms with van der Waals surface area (Å²) in [6.45, 7) is 3.46. The third kappa shape index (κ3) is 5.61. The zero-order valence-electron chi connectivity index (χ0n) is 19.3. The van der Waals surface area contributed by atoms with E-state index < -0.39 is 23.6 Å². The second-order valence-electron chi connectivity index (χ2n) is 8.38. The highest BCUT2D eigenvalue weighted by Crippen LogP contribution is 2.23. The molecule has 2 aromatic heterocycles. The number of fused-ring (bicyclic) bond motifs is 1. The summed E-state index contributed by atoms with van der Waals surface area (Å²) in [6.07, 6.45) is -0.0603. The minimum Gasteiger partial charge on any atom is -0.441 e. The van der Waals surface area contributed by atoms with Crippen molar-refractivity contribution in [1.82, 2.24) is 19.1 Å². The Bertz CT molecular complexity index is 1440. The number of aryl methyl sites for hydroxylation is 1. The number of nitrogens with one attached hydrogen (secondary N) is 1. The van der Waals surface area contributed by atoms with Crippen LogP contribution in [0.3, 0.4) is 0 Å². The summed E-state index contributed by atoms with van der Waals surface area (Å²) in [4.78, 5) is 34.6. The third-order valence-electron chi connectivity index (χ3n) is 5.54. The van der Waals surface area contributed by atoms with Crippen molar-refractivity contribution in [3.05, 3.63) is 79.9 Å². The Morgan fingerprint density at radius 1 is 1.09 bits per heavy atom. The zero-order chi connectivity index (χ0) is 25.1. The summed E-state index contributed by atoms with van der Waals surface area (Å²) >= 11 is 5.99. The van der Waals surface area contributed by atoms with E-state index in [1.165, 1.54) is 11.5 Å². The number of hydrogen-bond donors (Lipinski definition) is 3. The van der Waals surface area contributed by atoms with Crippen LogP contribution in [0.4, 0.5) is 11.6 Å². The number of rotatable bonds is 9. The number of halogens is 1. The van der Waals surface area contributed by atoms with Crippen LogP contribution in [0.1, 0.15) is 31.7 Å². The number of aliphatic hydroxyl groups excluding tert-OH is 1. The molecule has 184 valence electrons. The van der Waals surface area contributed by atoms with Gasteiger partial charge in [-0.15, -0.1) is 0 Å². The molecule has 0 aliphatic heterocycles. The van der Waals surface area contributed by atoms with Gasteiger partial charge in [-0.1, -0.05) is 37.6 Å². The molecule has 4 aromatic rings. The largest absolute Gasteiger partial charge is 0.441 e. The van der Waals surface area contributed by atoms with Crippen molar-refractivity contribution in [3.63, 3.8) is 0 Å². The fourth-order valence-electron chi connectivity index (χ4n) is 3.58. The van der Waals surface area contributed by atoms with Crippen LogP contribution in [0.25, 0.3) is 11.1 Å². The highest BCUT2D eigenvalue weighted by atomic mass is 35.5. The van der Waals surface area contributed by atoms with E-state index in [-0.39, 0.29) is 19.0 Å². The Hall–Kier alpha value is -3.47. The lowest BCUT2D eigenvalue weighted by Crippen LogP contribution is -2.44. The molecule has 4 rings (SSSR count). The number of oxazole rings is 1. The Morgan fingerprint density at radius 2 is 1.83 bits per heavy atom. The number of aliphatic hydroxyl groups is 2. The van der Waals surface area contributed by atoms with E-state index in [2.05, 4.69) is 15.3 Å². The van der Waals surface area contributed by atoms with Gasteiger partial charge in [0.05, 0.1) is 6.54 Å². The van der Waals surface area contributed by atoms with E-state index in [0.29, 0.717) is 27.7 Å². The van der Waals surface area contributed by atoms with E-state index in [1.54, 1.807) is 42.5 Å². The van der Waals surface area contributed by atoms with Crippen molar-refractivity contribution < 1.29 is 14.6 Å². The normalized spacial score (nSPS) is 12.4. The number of hydrogen-bond acceptors (Lipinski definition) is 8. The van der Waals surface area contributed by atoms with E-state index in [0.717, 1.165) is 23.0 Å². The van der Waals surface area contributed by atoms with Gasteiger partial charge in [-0.3, -0.25) is 4.57 Å². The monoisotopic (exact) mass is 499 g/mol. The average molecular weight is 500 g/mol. The topological polar surface area (TPSA) is 135 Å². The lowest BCUT2D eigenvalue weighted by Gasteiger charge is -2.18. The summed E-state index contributed by atoms with van der Waals surface area (Å²) in [7, 11) is 0. The van der Waals surface area contributed by atoms with E-state index in [4.69, 9.17) is 16.0 Å². The van der Waals surface area contributed by atoms with Gasteiger partial charge < -0.3 is 19.9 Å². The van der Waals surface area contributed by atoms with Gasteiger partial charge in [-0.25, -0.2) is 19.1 Å². The molecule has 0 spiro atoms. The molecular formula is C24H26ClN5O5. The van der Waals surface area contributed by atoms with Crippen molar-refractivity contribution in [1.29, 1.82) is 0 Å². The van der Waals surface area contributed by atoms with Gasteiger partial charge in [-0.2, -0.15) is 4.98 Å². The maximum absolute atomic E-state index is 13.3. The number of nitrogens with zero attached hydrogens (tertiary/aromatic N) is 4. The van der Waals surface area contributed by atoms with Gasteiger partial charge in [0.1, 0.15) is 5.52 Å². The fourth-order valence-corrected chi connectivity index (χ4v) is 3.70. The summed E-state index contributed by atoms with van der Waals surface area (Å²) in [6, 6.07) is 12.2. The quantitative estimate of drug-likeness (QED) is 0.299. The van der Waals surface area contributed by atoms with Crippen LogP contribution >= 0.6 is 11.6 Å². The molecule has 0 aliphatic rings. The van der Waals surface area contributed by atoms with Gasteiger partial charge >= 0.3 is 11.4 Å². The fraction of sp³-hybridized carbons (Fsp3) is 0.333. The second-order valence-corrected chi connectivity index (χ2v) is 8.82. The van der Waals surface area contributed by atoms with Crippen molar-refractivity contribution in [2.45, 2.75) is 46.1 Å². The lowest BCUT2D eigenvalue weighted by atomic mass is 10.2. The first-order valence-corrected chi connectivity index (χ1v) is 11.6. The predicted molar refractivity (Wildman–Crippen MR) is 132 cm³/mol. The van der Waals surface area contributed by atoms with Crippen LogP contribution in [0, 0.1) is 5.92 Å². The van der Waals surface area contributed by atoms with Gasteiger partial charge in [0.15, 0.2) is 17.8 Å². The van der Waals surface area contributed by atoms with Crippen molar-refractivity contribution in [2.75, 3.05) is 5.32 Å². The van der Waals surface area contributed by atoms with Gasteiger partial charge in [0.25, 0.3) is 0 Å². The molecular weight excluding hydrogens is 474 g/mol. The molecule has 0 saturated heterocycles. The number of aromatic nitrogens is 4. The first-order chi connectivity index (χ1) is 16.7. The number of anilines is 2. The molecule has 1 atom stereocenters. The van der Waals surface area contributed by atoms with Crippen LogP contribution in [-0.2, 0) is 19.5 Å². The summed E-state index contributed by atoms with van der Waals surface area (Å²) < 4.78 is 8.00. The van der Waals surface area contributed by atoms with Crippen LogP contribution < -0.4 is 16.7 Å². The molecule has 3 N–H and O–H groups in total. The summed E-state index contributed by atoms with van der Waals surface area (Å²) in [5.41, 5.74) is 1.16. The SMILES string of the molecule is CCCc1nc2ccc(Nc3nc(=O)n(C[C@H](C)C(O)O)c(=O)n3Cc3ccc(Cl)cc3)cc2o1. The average Bonchev–Trinajstić information content (AvgIpc) is 3.22. The van der Waals surface area contributed by atoms with Crippen LogP contribution in [-0.4, -0.2) is 35.6 Å². The van der Waals surface area contributed by atoms with Crippen LogP contribution in [0.15, 0.2) is 56.5 Å². The third-order valence-corrected chi connectivity index (χ3v) is 5.79. The Labute approximate surface area is 205 Å². The smallest absolute Gasteiger partial charge is 0.354 e. The molecule has 35 heavy (non-hydrogen) atoms. The molecule has 11 heteroatoms. The summed E-state index contributed by atoms with van der Waals surface area (Å²) in [5, 5.41) is 22.5. The van der Waals surface area contributed by atoms with Crippen molar-refractivity contribution >= 4 is 34.3 Å². The molecule has 10 nitrogen and oxygen atoms in total. The minimum absolute atomic E-state index is 0.0380. The van der Waals surface area contributed by atoms with Crippen molar-refractivity contribution in [3.8, 4) is 0 Å². The summed E-state index contributed by atoms with van der Waals surface area (Å²) in [5.74, 6) is -0.0765. The van der Waals surface area contributed by atoms with Crippen LogP contribution in [0.2, 0.25) is 5.02 Å². The zero-order valence-corrected chi connectivity index (χ0v) is 20.1. The molecule has 0 radical (unpaired) electrons. The molecule has 2 aromatic carbocycles. The highest BCUT2D eigenvalue weighted by Gasteiger charge is 2.19. The maximum Gasteiger partial charge on any atom is 0.354 e. The van der Waals surface area contributed by atoms with Gasteiger partial charge in [0, 0.05) is 35.7 Å². The number of benzene rings is 2. The van der Waals surface area contributed by atoms with Crippen LogP contribution in [0.5, 0.6) is 0 Å². The molecule has 2 heterocycles. The van der Waals surface area contributed by atoms with E-state index >= 15 is 0 Å². The molecule has 0 aliphatic carbocycles. The van der Waals surface area contributed by atoms with E-state index in [1.807, 2.05) is 6.92 Å². The van der Waals surface area contributed by atoms with Gasteiger partial charge in [0.2, 0.25) is 5.95 Å².